The van der Waals surface area contributed by atoms with Gasteiger partial charge in [0, 0.05) is 43.1 Å². The summed E-state index contributed by atoms with van der Waals surface area (Å²) in [5.74, 6) is 0.198. The summed E-state index contributed by atoms with van der Waals surface area (Å²) in [5.41, 5.74) is 5.07. The van der Waals surface area contributed by atoms with E-state index in [1.165, 1.54) is 0 Å². The first-order valence-corrected chi connectivity index (χ1v) is 25.9. The maximum atomic E-state index is 15.8. The SMILES string of the molecule is O=C(Oc1ccc(C(c2ccc(OC(=O)c3ccc(N(CC4CO4)CC4CO4)cc3)cc2)P2(=O)Oc3ccccc3-c3ccccc32)cc1)c1ccc(N(CC2CO2)CC2CO2)cc1.[PH-]P. The molecule has 338 valence electrons. The third-order valence-electron chi connectivity index (χ3n) is 12.0. The van der Waals surface area contributed by atoms with Gasteiger partial charge in [-0.2, -0.15) is 0 Å². The van der Waals surface area contributed by atoms with E-state index in [1.807, 2.05) is 97.1 Å². The zero-order valence-corrected chi connectivity index (χ0v) is 39.0. The first kappa shape index (κ1) is 44.4. The largest absolute Gasteiger partial charge is 0.533 e. The average Bonchev–Trinajstić information content (AvgIpc) is 4.10. The number of ether oxygens (including phenoxy) is 6. The van der Waals surface area contributed by atoms with Gasteiger partial charge < -0.3 is 60.6 Å². The molecule has 12 nitrogen and oxygen atoms in total. The third kappa shape index (κ3) is 10.3. The smallest absolute Gasteiger partial charge is 0.343 e. The van der Waals surface area contributed by atoms with Crippen LogP contribution in [0.1, 0.15) is 37.5 Å². The Bertz CT molecular complexity index is 2560. The molecule has 0 spiro atoms. The molecule has 0 radical (unpaired) electrons. The van der Waals surface area contributed by atoms with Crippen LogP contribution in [0.15, 0.2) is 146 Å². The van der Waals surface area contributed by atoms with E-state index < -0.39 is 25.0 Å². The summed E-state index contributed by atoms with van der Waals surface area (Å²) in [6.07, 6.45) is 0.875. The van der Waals surface area contributed by atoms with Crippen LogP contribution < -0.4 is 29.1 Å². The number of para-hydroxylation sites is 1. The van der Waals surface area contributed by atoms with Gasteiger partial charge in [-0.3, -0.25) is 4.57 Å². The number of hydrogen-bond donors (Lipinski definition) is 0. The molecule has 6 atom stereocenters. The monoisotopic (exact) mass is 941 g/mol. The van der Waals surface area contributed by atoms with Crippen molar-refractivity contribution in [3.63, 3.8) is 0 Å². The molecule has 0 saturated carbocycles. The van der Waals surface area contributed by atoms with Gasteiger partial charge >= 0.3 is 11.9 Å². The molecule has 5 aliphatic rings. The highest BCUT2D eigenvalue weighted by molar-refractivity contribution is 7.92. The summed E-state index contributed by atoms with van der Waals surface area (Å²) in [7, 11) is 1.34. The van der Waals surface area contributed by atoms with E-state index in [-0.39, 0.29) is 24.4 Å². The molecular weight excluding hydrogens is 893 g/mol. The Balaban J connectivity index is 0.00000252. The zero-order chi connectivity index (χ0) is 45.2. The van der Waals surface area contributed by atoms with Gasteiger partial charge in [-0.15, -0.1) is 0 Å². The summed E-state index contributed by atoms with van der Waals surface area (Å²) in [4.78, 5) is 31.2. The molecule has 0 N–H and O–H groups in total. The van der Waals surface area contributed by atoms with E-state index >= 15 is 4.57 Å². The number of epoxide rings is 4. The number of anilines is 2. The highest BCUT2D eigenvalue weighted by atomic mass is 32.0. The standard InChI is InChI=1S/C51H45N2O10P.H3P2/c54-50(35-9-17-37(18-10-35)52(25-41-29-57-41)26-42-30-58-42)61-39-21-13-33(14-22-39)49(64(56)48-8-4-2-6-46(48)45-5-1-3-7-47(45)63-64)34-15-23-40(24-16-34)62-51(55)36-11-19-38(20-12-36)53(27-43-31-59-43)28-44-32-60-44;1-2/h1-24,41-44,49H,25-32H2;1H,2H2/q;-1. The minimum atomic E-state index is -3.77. The number of fused-ring (bicyclic) bond motifs is 3. The Morgan fingerprint density at radius 2 is 0.924 bits per heavy atom. The van der Waals surface area contributed by atoms with Crippen molar-refractivity contribution in [2.75, 3.05) is 62.4 Å². The van der Waals surface area contributed by atoms with Gasteiger partial charge in [0.05, 0.1) is 67.3 Å². The van der Waals surface area contributed by atoms with E-state index in [2.05, 4.69) is 27.7 Å². The van der Waals surface area contributed by atoms with Gasteiger partial charge in [-0.25, -0.2) is 9.59 Å². The lowest BCUT2D eigenvalue weighted by Crippen LogP contribution is -2.31. The van der Waals surface area contributed by atoms with Crippen LogP contribution >= 0.6 is 25.2 Å². The van der Waals surface area contributed by atoms with Crippen LogP contribution in [-0.4, -0.2) is 89.0 Å². The van der Waals surface area contributed by atoms with Gasteiger partial charge in [-0.1, -0.05) is 60.7 Å². The van der Waals surface area contributed by atoms with Crippen molar-refractivity contribution in [1.82, 2.24) is 0 Å². The van der Waals surface area contributed by atoms with Crippen LogP contribution in [-0.2, 0) is 23.5 Å². The molecule has 6 aromatic rings. The first-order chi connectivity index (χ1) is 32.3. The average molecular weight is 942 g/mol. The van der Waals surface area contributed by atoms with Gasteiger partial charge in [0.2, 0.25) is 0 Å². The maximum Gasteiger partial charge on any atom is 0.343 e. The van der Waals surface area contributed by atoms with Crippen molar-refractivity contribution in [2.45, 2.75) is 30.1 Å². The molecule has 15 heteroatoms. The van der Waals surface area contributed by atoms with Crippen molar-refractivity contribution >= 4 is 53.8 Å². The van der Waals surface area contributed by atoms with Crippen LogP contribution in [0, 0.1) is 0 Å². The fraction of sp³-hybridized carbons (Fsp3) is 0.255. The Morgan fingerprint density at radius 3 is 1.33 bits per heavy atom. The van der Waals surface area contributed by atoms with E-state index in [9.17, 15) is 9.59 Å². The van der Waals surface area contributed by atoms with Crippen molar-refractivity contribution in [2.24, 2.45) is 0 Å². The Kier molecular flexibility index (Phi) is 13.1. The molecule has 4 saturated heterocycles. The highest BCUT2D eigenvalue weighted by Gasteiger charge is 2.45. The number of rotatable bonds is 17. The quantitative estimate of drug-likeness (QED) is 0.0374. The van der Waals surface area contributed by atoms with E-state index in [4.69, 9.17) is 32.9 Å². The normalized spacial score (nSPS) is 21.8. The molecule has 0 aliphatic carbocycles. The minimum Gasteiger partial charge on any atom is -0.533 e. The summed E-state index contributed by atoms with van der Waals surface area (Å²) >= 11 is 0. The second-order valence-electron chi connectivity index (χ2n) is 16.7. The number of benzene rings is 6. The molecule has 5 heterocycles. The number of hydrogen-bond acceptors (Lipinski definition) is 12. The molecule has 0 aromatic heterocycles. The van der Waals surface area contributed by atoms with Crippen molar-refractivity contribution < 1.29 is 47.1 Å². The van der Waals surface area contributed by atoms with Crippen LogP contribution in [0.25, 0.3) is 11.1 Å². The lowest BCUT2D eigenvalue weighted by molar-refractivity contribution is 0.0725. The van der Waals surface area contributed by atoms with Crippen LogP contribution in [0.4, 0.5) is 11.4 Å². The molecule has 5 aliphatic heterocycles. The second-order valence-corrected chi connectivity index (χ2v) is 19.1. The summed E-state index contributed by atoms with van der Waals surface area (Å²) < 4.78 is 56.0. The van der Waals surface area contributed by atoms with E-state index in [0.717, 1.165) is 75.1 Å². The van der Waals surface area contributed by atoms with E-state index in [0.29, 0.717) is 44.8 Å². The molecule has 6 unspecified atom stereocenters. The molecule has 4 fully saturated rings. The zero-order valence-electron chi connectivity index (χ0n) is 35.9. The Hall–Kier alpha value is -5.41. The second kappa shape index (κ2) is 19.4. The van der Waals surface area contributed by atoms with Crippen LogP contribution in [0.2, 0.25) is 0 Å². The third-order valence-corrected chi connectivity index (χ3v) is 14.9. The van der Waals surface area contributed by atoms with Gasteiger partial charge in [0.25, 0.3) is 7.37 Å². The molecule has 0 bridgehead atoms. The Labute approximate surface area is 388 Å². The predicted molar refractivity (Wildman–Crippen MR) is 259 cm³/mol. The molecule has 11 rings (SSSR count). The predicted octanol–water partition coefficient (Wildman–Crippen LogP) is 9.00. The van der Waals surface area contributed by atoms with E-state index in [1.54, 1.807) is 48.5 Å². The first-order valence-electron chi connectivity index (χ1n) is 21.9. The fourth-order valence-corrected chi connectivity index (χ4v) is 11.2. The Morgan fingerprint density at radius 1 is 0.545 bits per heavy atom. The molecular formula is C51H48N2O10P3-. The molecule has 0 amide bonds. The van der Waals surface area contributed by atoms with Crippen LogP contribution in [0.5, 0.6) is 17.2 Å². The fourth-order valence-electron chi connectivity index (χ4n) is 8.35. The molecule has 6 aromatic carbocycles. The summed E-state index contributed by atoms with van der Waals surface area (Å²) in [6, 6.07) is 44.0. The van der Waals surface area contributed by atoms with Crippen molar-refractivity contribution in [1.29, 1.82) is 0 Å². The lowest BCUT2D eigenvalue weighted by Gasteiger charge is -2.34. The van der Waals surface area contributed by atoms with Gasteiger partial charge in [0.15, 0.2) is 0 Å². The van der Waals surface area contributed by atoms with Gasteiger partial charge in [0.1, 0.15) is 22.9 Å². The minimum absolute atomic E-state index is 0.219. The highest BCUT2D eigenvalue weighted by Crippen LogP contribution is 2.65. The topological polar surface area (TPSA) is 136 Å². The lowest BCUT2D eigenvalue weighted by atomic mass is 10.0. The summed E-state index contributed by atoms with van der Waals surface area (Å²) in [5, 5.41) is 0.595. The van der Waals surface area contributed by atoms with Gasteiger partial charge in [-0.05, 0) is 102 Å². The number of carbonyl (C=O) groups is 2. The van der Waals surface area contributed by atoms with Crippen LogP contribution in [0.3, 0.4) is 0 Å². The summed E-state index contributed by atoms with van der Waals surface area (Å²) in [6.45, 7) is 6.11. The number of carbonyl (C=O) groups excluding carboxylic acids is 2. The molecule has 66 heavy (non-hydrogen) atoms. The maximum absolute atomic E-state index is 15.8. The van der Waals surface area contributed by atoms with Crippen molar-refractivity contribution in [3.05, 3.63) is 168 Å². The number of esters is 2. The number of nitrogens with zero attached hydrogens (tertiary/aromatic N) is 2. The van der Waals surface area contributed by atoms with Crippen molar-refractivity contribution in [3.8, 4) is 28.4 Å².